The highest BCUT2D eigenvalue weighted by Gasteiger charge is 2.75. The molecule has 240 valence electrons. The van der Waals surface area contributed by atoms with E-state index in [1.165, 1.54) is 12.1 Å². The van der Waals surface area contributed by atoms with Gasteiger partial charge in [-0.15, -0.1) is 4.13 Å². The van der Waals surface area contributed by atoms with Crippen molar-refractivity contribution in [3.8, 4) is 5.75 Å². The topological polar surface area (TPSA) is 150 Å². The van der Waals surface area contributed by atoms with Gasteiger partial charge < -0.3 is 13.7 Å². The number of alkyl halides is 4. The maximum atomic E-state index is 14.4. The minimum Gasteiger partial charge on any atom is -0.378 e. The Bertz CT molecular complexity index is 1850. The summed E-state index contributed by atoms with van der Waals surface area (Å²) in [6.45, 7) is 3.96. The van der Waals surface area contributed by atoms with Gasteiger partial charge in [0.1, 0.15) is 12.0 Å². The van der Waals surface area contributed by atoms with Crippen molar-refractivity contribution in [3.05, 3.63) is 83.9 Å². The van der Waals surface area contributed by atoms with E-state index < -0.39 is 52.5 Å². The maximum Gasteiger partial charge on any atom is 0.459 e. The molecule has 0 aliphatic heterocycles. The van der Waals surface area contributed by atoms with Crippen LogP contribution in [-0.2, 0) is 46.1 Å². The third-order valence-electron chi connectivity index (χ3n) is 6.08. The number of carbonyl (C=O) groups is 1. The summed E-state index contributed by atoms with van der Waals surface area (Å²) in [4.78, 5) is 10.7. The first kappa shape index (κ1) is 35.1. The van der Waals surface area contributed by atoms with Crippen LogP contribution in [0, 0.1) is 0 Å². The van der Waals surface area contributed by atoms with E-state index in [2.05, 4.69) is 10.8 Å². The first-order chi connectivity index (χ1) is 20.3. The Morgan fingerprint density at radius 2 is 1.50 bits per heavy atom. The SMILES string of the molecule is C=Cc1ccc2cc(C(Cc3ccc(OS(=O)(=O)C(F)(F)C(F)(F)S(=O)(=O)NS(C)(=O)=O)cc3)OCCCC=O)ccc2c1. The molecule has 0 amide bonds. The molecule has 10 nitrogen and oxygen atoms in total. The van der Waals surface area contributed by atoms with E-state index in [1.807, 2.05) is 36.4 Å². The number of sulfonamides is 2. The van der Waals surface area contributed by atoms with Gasteiger partial charge in [0.15, 0.2) is 0 Å². The third kappa shape index (κ3) is 8.01. The van der Waals surface area contributed by atoms with Crippen LogP contribution < -0.4 is 8.31 Å². The standard InChI is InChI=1S/C27H27F4NO9S3/c1-3-19-6-9-22-18-23(11-10-21(22)16-19)25(40-15-5-4-14-33)17-20-7-12-24(13-8-20)41-44(38,39)27(30,31)26(28,29)43(36,37)32-42(2,34)35/h3,6-14,16,18,25,32H,1,4-5,15,17H2,2H3. The highest BCUT2D eigenvalue weighted by atomic mass is 32.3. The molecule has 0 spiro atoms. The highest BCUT2D eigenvalue weighted by Crippen LogP contribution is 2.43. The van der Waals surface area contributed by atoms with Gasteiger partial charge in [-0.1, -0.05) is 49.1 Å². The molecule has 3 rings (SSSR count). The zero-order valence-corrected chi connectivity index (χ0v) is 25.4. The van der Waals surface area contributed by atoms with Crippen LogP contribution in [0.5, 0.6) is 5.75 Å². The van der Waals surface area contributed by atoms with E-state index in [0.29, 0.717) is 16.1 Å². The molecule has 0 aromatic heterocycles. The molecular formula is C27H27F4NO9S3. The summed E-state index contributed by atoms with van der Waals surface area (Å²) in [7, 11) is -18.4. The number of hydrogen-bond acceptors (Lipinski definition) is 9. The molecule has 0 saturated heterocycles. The normalized spacial score (nSPS) is 13.8. The van der Waals surface area contributed by atoms with E-state index in [1.54, 1.807) is 6.08 Å². The van der Waals surface area contributed by atoms with Crippen molar-refractivity contribution < 1.29 is 56.5 Å². The molecule has 1 atom stereocenters. The van der Waals surface area contributed by atoms with Gasteiger partial charge in [-0.25, -0.2) is 16.8 Å². The van der Waals surface area contributed by atoms with Crippen molar-refractivity contribution >= 4 is 53.3 Å². The first-order valence-corrected chi connectivity index (χ1v) is 17.3. The smallest absolute Gasteiger partial charge is 0.378 e. The summed E-state index contributed by atoms with van der Waals surface area (Å²) in [6, 6.07) is 15.6. The van der Waals surface area contributed by atoms with Gasteiger partial charge in [0.25, 0.3) is 10.0 Å². The number of carbonyl (C=O) groups excluding carboxylic acids is 1. The number of halogens is 4. The Kier molecular flexibility index (Phi) is 10.6. The van der Waals surface area contributed by atoms with Gasteiger partial charge in [0.2, 0.25) is 10.0 Å². The van der Waals surface area contributed by atoms with Crippen LogP contribution in [-0.4, -0.2) is 54.9 Å². The van der Waals surface area contributed by atoms with Crippen LogP contribution in [0.3, 0.4) is 0 Å². The first-order valence-electron chi connectivity index (χ1n) is 12.6. The number of ether oxygens (including phenoxy) is 1. The molecule has 0 radical (unpaired) electrons. The van der Waals surface area contributed by atoms with Crippen molar-refractivity contribution in [2.24, 2.45) is 0 Å². The molecule has 1 unspecified atom stereocenters. The van der Waals surface area contributed by atoms with Gasteiger partial charge in [-0.2, -0.15) is 26.0 Å². The van der Waals surface area contributed by atoms with Gasteiger partial charge in [0, 0.05) is 19.4 Å². The van der Waals surface area contributed by atoms with Crippen molar-refractivity contribution in [2.45, 2.75) is 35.9 Å². The summed E-state index contributed by atoms with van der Waals surface area (Å²) >= 11 is 0. The molecule has 0 saturated carbocycles. The lowest BCUT2D eigenvalue weighted by molar-refractivity contribution is -0.108. The lowest BCUT2D eigenvalue weighted by Gasteiger charge is -2.25. The Hall–Kier alpha value is -3.38. The van der Waals surface area contributed by atoms with Crippen LogP contribution in [0.4, 0.5) is 17.6 Å². The number of benzene rings is 3. The second kappa shape index (κ2) is 13.3. The summed E-state index contributed by atoms with van der Waals surface area (Å²) in [5.41, 5.74) is 2.16. The third-order valence-corrected chi connectivity index (χ3v) is 10.5. The predicted octanol–water partition coefficient (Wildman–Crippen LogP) is 4.54. The molecule has 0 fully saturated rings. The summed E-state index contributed by atoms with van der Waals surface area (Å²) in [5.74, 6) is -0.857. The Morgan fingerprint density at radius 1 is 0.886 bits per heavy atom. The predicted molar refractivity (Wildman–Crippen MR) is 155 cm³/mol. The molecule has 44 heavy (non-hydrogen) atoms. The average molecular weight is 682 g/mol. The Balaban J connectivity index is 1.84. The number of fused-ring (bicyclic) bond motifs is 1. The van der Waals surface area contributed by atoms with Crippen molar-refractivity contribution in [2.75, 3.05) is 12.9 Å². The van der Waals surface area contributed by atoms with Gasteiger partial charge in [-0.05, 0) is 58.1 Å². The van der Waals surface area contributed by atoms with Crippen molar-refractivity contribution in [1.29, 1.82) is 0 Å². The number of rotatable bonds is 16. The van der Waals surface area contributed by atoms with Crippen LogP contribution in [0.15, 0.2) is 67.2 Å². The molecule has 0 aliphatic carbocycles. The maximum absolute atomic E-state index is 14.4. The second-order valence-electron chi connectivity index (χ2n) is 9.52. The van der Waals surface area contributed by atoms with Crippen LogP contribution in [0.25, 0.3) is 16.8 Å². The molecule has 0 heterocycles. The minimum atomic E-state index is -6.74. The number of unbranched alkanes of at least 4 members (excludes halogenated alkanes) is 1. The van der Waals surface area contributed by atoms with E-state index in [4.69, 9.17) is 4.74 Å². The fraction of sp³-hybridized carbons (Fsp3) is 0.296. The van der Waals surface area contributed by atoms with E-state index in [0.717, 1.165) is 40.3 Å². The number of hydrogen-bond donors (Lipinski definition) is 1. The Labute approximate surface area is 251 Å². The molecule has 3 aromatic rings. The summed E-state index contributed by atoms with van der Waals surface area (Å²) in [6.07, 6.45) is 2.85. The molecular weight excluding hydrogens is 654 g/mol. The van der Waals surface area contributed by atoms with Gasteiger partial charge >= 0.3 is 20.6 Å². The number of aldehydes is 1. The van der Waals surface area contributed by atoms with Crippen molar-refractivity contribution in [3.63, 3.8) is 0 Å². The van der Waals surface area contributed by atoms with E-state index in [9.17, 15) is 47.6 Å². The fourth-order valence-corrected chi connectivity index (χ4v) is 7.62. The minimum absolute atomic E-state index is 0.0882. The summed E-state index contributed by atoms with van der Waals surface area (Å²) < 4.78 is 137. The van der Waals surface area contributed by atoms with E-state index >= 15 is 0 Å². The molecule has 0 aliphatic rings. The van der Waals surface area contributed by atoms with Gasteiger partial charge in [0.05, 0.1) is 12.4 Å². The van der Waals surface area contributed by atoms with E-state index in [-0.39, 0.29) is 25.7 Å². The number of nitrogens with one attached hydrogen (secondary N) is 1. The fourth-order valence-electron chi connectivity index (χ4n) is 3.90. The average Bonchev–Trinajstić information content (AvgIpc) is 2.93. The Morgan fingerprint density at radius 3 is 2.09 bits per heavy atom. The molecule has 0 bridgehead atoms. The largest absolute Gasteiger partial charge is 0.459 e. The molecule has 3 aromatic carbocycles. The zero-order valence-electron chi connectivity index (χ0n) is 23.0. The van der Waals surface area contributed by atoms with Crippen LogP contribution in [0.1, 0.15) is 35.6 Å². The van der Waals surface area contributed by atoms with Crippen LogP contribution in [0.2, 0.25) is 0 Å². The highest BCUT2D eigenvalue weighted by molar-refractivity contribution is 8.05. The van der Waals surface area contributed by atoms with Crippen molar-refractivity contribution in [1.82, 2.24) is 4.13 Å². The summed E-state index contributed by atoms with van der Waals surface area (Å²) in [5, 5.41) is -11.0. The molecule has 17 heteroatoms. The van der Waals surface area contributed by atoms with Gasteiger partial charge in [-0.3, -0.25) is 0 Å². The lowest BCUT2D eigenvalue weighted by atomic mass is 9.97. The second-order valence-corrected chi connectivity index (χ2v) is 14.8. The molecule has 1 N–H and O–H groups in total. The monoisotopic (exact) mass is 681 g/mol. The zero-order chi connectivity index (χ0) is 33.0. The van der Waals surface area contributed by atoms with Crippen LogP contribution >= 0.6 is 0 Å². The quantitative estimate of drug-likeness (QED) is 0.0996. The lowest BCUT2D eigenvalue weighted by Crippen LogP contribution is -2.57.